The van der Waals surface area contributed by atoms with E-state index in [1.54, 1.807) is 12.3 Å². The monoisotopic (exact) mass is 229 g/mol. The number of nitrogens with zero attached hydrogens (tertiary/aromatic N) is 3. The number of ketones is 1. The van der Waals surface area contributed by atoms with E-state index in [9.17, 15) is 4.79 Å². The molecule has 0 spiro atoms. The summed E-state index contributed by atoms with van der Waals surface area (Å²) < 4.78 is 5.00. The van der Waals surface area contributed by atoms with Crippen LogP contribution in [0, 0.1) is 6.92 Å². The largest absolute Gasteiger partial charge is 0.479 e. The SMILES string of the molecule is COc1nccnc1C(=O)c1cc(C)ccn1. The lowest BCUT2D eigenvalue weighted by Gasteiger charge is -2.04. The van der Waals surface area contributed by atoms with Gasteiger partial charge in [-0.05, 0) is 24.6 Å². The van der Waals surface area contributed by atoms with E-state index in [4.69, 9.17) is 4.74 Å². The van der Waals surface area contributed by atoms with Crippen LogP contribution in [0.3, 0.4) is 0 Å². The fourth-order valence-electron chi connectivity index (χ4n) is 1.41. The number of hydrogen-bond acceptors (Lipinski definition) is 5. The van der Waals surface area contributed by atoms with Gasteiger partial charge in [-0.15, -0.1) is 0 Å². The number of methoxy groups -OCH3 is 1. The Labute approximate surface area is 98.5 Å². The van der Waals surface area contributed by atoms with E-state index >= 15 is 0 Å². The molecular formula is C12H11N3O2. The number of aromatic nitrogens is 3. The molecule has 5 nitrogen and oxygen atoms in total. The van der Waals surface area contributed by atoms with Gasteiger partial charge in [-0.3, -0.25) is 9.78 Å². The molecule has 0 saturated heterocycles. The Morgan fingerprint density at radius 2 is 1.94 bits per heavy atom. The molecule has 86 valence electrons. The molecule has 0 N–H and O–H groups in total. The molecule has 0 aliphatic heterocycles. The number of ether oxygens (including phenoxy) is 1. The molecule has 0 saturated carbocycles. The third kappa shape index (κ3) is 2.28. The third-order valence-corrected chi connectivity index (χ3v) is 2.22. The lowest BCUT2D eigenvalue weighted by atomic mass is 10.1. The maximum absolute atomic E-state index is 12.1. The van der Waals surface area contributed by atoms with Crippen LogP contribution in [0.1, 0.15) is 21.7 Å². The molecule has 2 heterocycles. The van der Waals surface area contributed by atoms with Crippen LogP contribution in [-0.4, -0.2) is 27.8 Å². The average Bonchev–Trinajstić information content (AvgIpc) is 2.38. The van der Waals surface area contributed by atoms with Gasteiger partial charge < -0.3 is 4.74 Å². The van der Waals surface area contributed by atoms with Crippen molar-refractivity contribution in [1.29, 1.82) is 0 Å². The molecule has 5 heteroatoms. The predicted octanol–water partition coefficient (Wildman–Crippen LogP) is 1.42. The van der Waals surface area contributed by atoms with Crippen LogP contribution in [0.15, 0.2) is 30.7 Å². The first-order chi connectivity index (χ1) is 8.22. The topological polar surface area (TPSA) is 65.0 Å². The highest BCUT2D eigenvalue weighted by Gasteiger charge is 2.17. The van der Waals surface area contributed by atoms with Crippen LogP contribution in [0.4, 0.5) is 0 Å². The fourth-order valence-corrected chi connectivity index (χ4v) is 1.41. The van der Waals surface area contributed by atoms with Crippen molar-refractivity contribution < 1.29 is 9.53 Å². The first-order valence-corrected chi connectivity index (χ1v) is 5.04. The second-order valence-electron chi connectivity index (χ2n) is 3.46. The molecule has 2 aromatic rings. The number of aryl methyl sites for hydroxylation is 1. The van der Waals surface area contributed by atoms with Gasteiger partial charge in [0, 0.05) is 18.6 Å². The zero-order chi connectivity index (χ0) is 12.3. The summed E-state index contributed by atoms with van der Waals surface area (Å²) in [4.78, 5) is 24.1. The molecule has 2 aromatic heterocycles. The summed E-state index contributed by atoms with van der Waals surface area (Å²) in [5.74, 6) is -0.0838. The lowest BCUT2D eigenvalue weighted by molar-refractivity contribution is 0.102. The van der Waals surface area contributed by atoms with Gasteiger partial charge in [0.1, 0.15) is 5.69 Å². The maximum atomic E-state index is 12.1. The van der Waals surface area contributed by atoms with Crippen molar-refractivity contribution in [3.8, 4) is 5.88 Å². The second-order valence-corrected chi connectivity index (χ2v) is 3.46. The molecule has 0 aliphatic rings. The van der Waals surface area contributed by atoms with Gasteiger partial charge in [-0.2, -0.15) is 0 Å². The number of carbonyl (C=O) groups excluding carboxylic acids is 1. The van der Waals surface area contributed by atoms with Crippen molar-refractivity contribution >= 4 is 5.78 Å². The van der Waals surface area contributed by atoms with Gasteiger partial charge >= 0.3 is 0 Å². The Morgan fingerprint density at radius 1 is 1.18 bits per heavy atom. The maximum Gasteiger partial charge on any atom is 0.243 e. The smallest absolute Gasteiger partial charge is 0.243 e. The minimum atomic E-state index is -0.293. The Hall–Kier alpha value is -2.30. The van der Waals surface area contributed by atoms with Crippen LogP contribution >= 0.6 is 0 Å². The van der Waals surface area contributed by atoms with Gasteiger partial charge in [-0.1, -0.05) is 0 Å². The van der Waals surface area contributed by atoms with Crippen molar-refractivity contribution in [2.75, 3.05) is 7.11 Å². The van der Waals surface area contributed by atoms with E-state index in [2.05, 4.69) is 15.0 Å². The van der Waals surface area contributed by atoms with Gasteiger partial charge in [0.15, 0.2) is 5.69 Å². The van der Waals surface area contributed by atoms with E-state index in [0.717, 1.165) is 5.56 Å². The van der Waals surface area contributed by atoms with Crippen LogP contribution < -0.4 is 4.74 Å². The summed E-state index contributed by atoms with van der Waals surface area (Å²) in [5.41, 5.74) is 1.48. The number of carbonyl (C=O) groups is 1. The summed E-state index contributed by atoms with van der Waals surface area (Å²) in [6.45, 7) is 1.90. The quantitative estimate of drug-likeness (QED) is 0.745. The number of pyridine rings is 1. The van der Waals surface area contributed by atoms with Crippen molar-refractivity contribution in [2.24, 2.45) is 0 Å². The van der Waals surface area contributed by atoms with E-state index in [-0.39, 0.29) is 17.4 Å². The van der Waals surface area contributed by atoms with Crippen LogP contribution in [0.25, 0.3) is 0 Å². The summed E-state index contributed by atoms with van der Waals surface area (Å²) in [5, 5.41) is 0. The third-order valence-electron chi connectivity index (χ3n) is 2.22. The number of hydrogen-bond donors (Lipinski definition) is 0. The summed E-state index contributed by atoms with van der Waals surface area (Å²) in [7, 11) is 1.45. The van der Waals surface area contributed by atoms with Gasteiger partial charge in [-0.25, -0.2) is 9.97 Å². The molecule has 0 bridgehead atoms. The Bertz CT molecular complexity index is 555. The Kier molecular flexibility index (Phi) is 3.09. The summed E-state index contributed by atoms with van der Waals surface area (Å²) in [6.07, 6.45) is 4.51. The highest BCUT2D eigenvalue weighted by Crippen LogP contribution is 2.15. The van der Waals surface area contributed by atoms with E-state index in [0.29, 0.717) is 5.69 Å². The molecule has 2 rings (SSSR count). The predicted molar refractivity (Wildman–Crippen MR) is 61.0 cm³/mol. The normalized spacial score (nSPS) is 10.0. The molecule has 17 heavy (non-hydrogen) atoms. The molecule has 0 fully saturated rings. The summed E-state index contributed by atoms with van der Waals surface area (Å²) in [6, 6.07) is 3.53. The first kappa shape index (κ1) is 11.2. The van der Waals surface area contributed by atoms with Crippen LogP contribution in [0.2, 0.25) is 0 Å². The molecule has 0 radical (unpaired) electrons. The Morgan fingerprint density at radius 3 is 2.65 bits per heavy atom. The highest BCUT2D eigenvalue weighted by molar-refractivity contribution is 6.07. The van der Waals surface area contributed by atoms with E-state index < -0.39 is 0 Å². The zero-order valence-corrected chi connectivity index (χ0v) is 9.54. The Balaban J connectivity index is 2.44. The number of rotatable bonds is 3. The molecule has 0 aromatic carbocycles. The first-order valence-electron chi connectivity index (χ1n) is 5.04. The van der Waals surface area contributed by atoms with Crippen LogP contribution in [-0.2, 0) is 0 Å². The average molecular weight is 229 g/mol. The van der Waals surface area contributed by atoms with Gasteiger partial charge in [0.05, 0.1) is 7.11 Å². The van der Waals surface area contributed by atoms with Gasteiger partial charge in [0.2, 0.25) is 11.7 Å². The van der Waals surface area contributed by atoms with Crippen molar-refractivity contribution in [2.45, 2.75) is 6.92 Å². The fraction of sp³-hybridized carbons (Fsp3) is 0.167. The van der Waals surface area contributed by atoms with E-state index in [1.807, 2.05) is 13.0 Å². The van der Waals surface area contributed by atoms with Crippen molar-refractivity contribution in [3.05, 3.63) is 47.7 Å². The van der Waals surface area contributed by atoms with Crippen LogP contribution in [0.5, 0.6) is 5.88 Å². The van der Waals surface area contributed by atoms with Crippen molar-refractivity contribution in [3.63, 3.8) is 0 Å². The standard InChI is InChI=1S/C12H11N3O2/c1-8-3-4-13-9(7-8)11(16)10-12(17-2)15-6-5-14-10/h3-7H,1-2H3. The summed E-state index contributed by atoms with van der Waals surface area (Å²) >= 11 is 0. The zero-order valence-electron chi connectivity index (χ0n) is 9.54. The van der Waals surface area contributed by atoms with Crippen molar-refractivity contribution in [1.82, 2.24) is 15.0 Å². The minimum absolute atomic E-state index is 0.174. The van der Waals surface area contributed by atoms with Gasteiger partial charge in [0.25, 0.3) is 0 Å². The van der Waals surface area contributed by atoms with E-state index in [1.165, 1.54) is 19.5 Å². The minimum Gasteiger partial charge on any atom is -0.479 e. The second kappa shape index (κ2) is 4.69. The molecular weight excluding hydrogens is 218 g/mol. The highest BCUT2D eigenvalue weighted by atomic mass is 16.5. The molecule has 0 amide bonds. The molecule has 0 atom stereocenters. The molecule has 0 unspecified atom stereocenters. The lowest BCUT2D eigenvalue weighted by Crippen LogP contribution is -2.09. The molecule has 0 aliphatic carbocycles.